The molecular formula is C28H22Cl2F2N2O4. The maximum atomic E-state index is 14.0. The first kappa shape index (κ1) is 26.1. The molecule has 0 amide bonds. The minimum absolute atomic E-state index is 0.122. The van der Waals surface area contributed by atoms with Gasteiger partial charge < -0.3 is 13.8 Å². The highest BCUT2D eigenvalue weighted by Crippen LogP contribution is 2.46. The van der Waals surface area contributed by atoms with Crippen molar-refractivity contribution in [3.63, 3.8) is 0 Å². The number of hydrogen-bond donors (Lipinski definition) is 0. The summed E-state index contributed by atoms with van der Waals surface area (Å²) in [6, 6.07) is 8.89. The number of aldehydes is 1. The molecule has 0 aliphatic heterocycles. The second kappa shape index (κ2) is 11.1. The molecule has 6 rings (SSSR count). The van der Waals surface area contributed by atoms with E-state index in [0.717, 1.165) is 37.0 Å². The molecule has 0 radical (unpaired) electrons. The first-order valence-corrected chi connectivity index (χ1v) is 12.7. The van der Waals surface area contributed by atoms with Crippen molar-refractivity contribution in [2.24, 2.45) is 0 Å². The topological polar surface area (TPSA) is 78.4 Å². The van der Waals surface area contributed by atoms with Crippen LogP contribution in [0.25, 0.3) is 28.6 Å². The summed E-state index contributed by atoms with van der Waals surface area (Å²) in [5.41, 5.74) is 2.04. The zero-order valence-corrected chi connectivity index (χ0v) is 21.7. The van der Waals surface area contributed by atoms with E-state index in [2.05, 4.69) is 10.3 Å². The van der Waals surface area contributed by atoms with E-state index >= 15 is 0 Å². The number of ether oxygens (including phenoxy) is 1. The molecule has 2 aromatic heterocycles. The molecule has 0 unspecified atom stereocenters. The summed E-state index contributed by atoms with van der Waals surface area (Å²) in [6.45, 7) is 0. The highest BCUT2D eigenvalue weighted by Gasteiger charge is 2.34. The van der Waals surface area contributed by atoms with E-state index in [4.69, 9.17) is 37.0 Å². The monoisotopic (exact) mass is 558 g/mol. The Morgan fingerprint density at radius 2 is 1.32 bits per heavy atom. The number of rotatable bonds is 7. The summed E-state index contributed by atoms with van der Waals surface area (Å²) in [7, 11) is 1.55. The SMILES string of the molecule is CO/C=C/c1c(-c2c(F)cccc2Cl)noc1C1CC1.O=Cc1c(-c2c(F)cccc2Cl)noc1C1CC1. The largest absolute Gasteiger partial charge is 0.504 e. The van der Waals surface area contributed by atoms with Crippen molar-refractivity contribution >= 4 is 35.6 Å². The standard InChI is InChI=1S/C15H13ClFNO2.C13H9ClFNO2/c1-19-8-7-10-14(18-20-15(10)9-5-6-9)13-11(16)3-2-4-12(13)17;14-9-2-1-3-10(15)11(9)12-8(6-17)13(18-16-12)7-4-5-7/h2-4,7-9H,5-6H2,1H3;1-3,6-7H,4-5H2/b8-7+;. The predicted octanol–water partition coefficient (Wildman–Crippen LogP) is 8.45. The lowest BCUT2D eigenvalue weighted by Gasteiger charge is -2.03. The Hall–Kier alpha value is -3.49. The first-order chi connectivity index (χ1) is 18.4. The van der Waals surface area contributed by atoms with Gasteiger partial charge in [-0.05, 0) is 56.0 Å². The fourth-order valence-electron chi connectivity index (χ4n) is 4.12. The van der Waals surface area contributed by atoms with Crippen LogP contribution in [0.4, 0.5) is 8.78 Å². The molecule has 0 saturated heterocycles. The number of nitrogens with zero attached hydrogens (tertiary/aromatic N) is 2. The highest BCUT2D eigenvalue weighted by molar-refractivity contribution is 6.33. The molecule has 2 heterocycles. The van der Waals surface area contributed by atoms with E-state index in [1.54, 1.807) is 31.4 Å². The molecule has 0 bridgehead atoms. The van der Waals surface area contributed by atoms with Crippen LogP contribution in [0.3, 0.4) is 0 Å². The summed E-state index contributed by atoms with van der Waals surface area (Å²) in [5, 5.41) is 8.35. The minimum atomic E-state index is -0.513. The van der Waals surface area contributed by atoms with Crippen LogP contribution in [0.2, 0.25) is 10.0 Å². The van der Waals surface area contributed by atoms with Gasteiger partial charge in [0.25, 0.3) is 0 Å². The van der Waals surface area contributed by atoms with Gasteiger partial charge >= 0.3 is 0 Å². The minimum Gasteiger partial charge on any atom is -0.504 e. The van der Waals surface area contributed by atoms with Gasteiger partial charge in [-0.1, -0.05) is 45.6 Å². The van der Waals surface area contributed by atoms with Crippen molar-refractivity contribution < 1.29 is 27.4 Å². The van der Waals surface area contributed by atoms with Crippen LogP contribution in [0, 0.1) is 11.6 Å². The maximum absolute atomic E-state index is 14.0. The van der Waals surface area contributed by atoms with Gasteiger partial charge in [-0.2, -0.15) is 0 Å². The Balaban J connectivity index is 0.000000156. The molecule has 4 aromatic rings. The van der Waals surface area contributed by atoms with E-state index in [9.17, 15) is 13.6 Å². The van der Waals surface area contributed by atoms with Crippen molar-refractivity contribution in [2.75, 3.05) is 7.11 Å². The molecule has 2 aliphatic rings. The lowest BCUT2D eigenvalue weighted by atomic mass is 10.0. The third-order valence-corrected chi connectivity index (χ3v) is 6.93. The van der Waals surface area contributed by atoms with Crippen molar-refractivity contribution in [3.8, 4) is 22.5 Å². The Kier molecular flexibility index (Phi) is 7.63. The van der Waals surface area contributed by atoms with E-state index in [1.165, 1.54) is 24.5 Å². The smallest absolute Gasteiger partial charge is 0.155 e. The zero-order chi connectivity index (χ0) is 26.8. The molecule has 0 spiro atoms. The van der Waals surface area contributed by atoms with Crippen LogP contribution >= 0.6 is 23.2 Å². The summed E-state index contributed by atoms with van der Waals surface area (Å²) in [6.07, 6.45) is 7.99. The number of methoxy groups -OCH3 is 1. The van der Waals surface area contributed by atoms with Crippen LogP contribution in [0.5, 0.6) is 0 Å². The Morgan fingerprint density at radius 3 is 1.74 bits per heavy atom. The van der Waals surface area contributed by atoms with Crippen LogP contribution < -0.4 is 0 Å². The van der Waals surface area contributed by atoms with Crippen molar-refractivity contribution in [1.29, 1.82) is 0 Å². The summed E-state index contributed by atoms with van der Waals surface area (Å²) >= 11 is 12.1. The van der Waals surface area contributed by atoms with Crippen LogP contribution in [0.15, 0.2) is 51.7 Å². The van der Waals surface area contributed by atoms with E-state index in [1.807, 2.05) is 0 Å². The molecule has 6 nitrogen and oxygen atoms in total. The Labute approximate surface area is 227 Å². The van der Waals surface area contributed by atoms with Crippen LogP contribution in [-0.4, -0.2) is 23.7 Å². The lowest BCUT2D eigenvalue weighted by molar-refractivity contribution is 0.112. The lowest BCUT2D eigenvalue weighted by Crippen LogP contribution is -1.92. The molecular weight excluding hydrogens is 537 g/mol. The van der Waals surface area contributed by atoms with E-state index in [0.29, 0.717) is 34.2 Å². The Morgan fingerprint density at radius 1 is 0.842 bits per heavy atom. The predicted molar refractivity (Wildman–Crippen MR) is 139 cm³/mol. The van der Waals surface area contributed by atoms with Crippen molar-refractivity contribution in [2.45, 2.75) is 37.5 Å². The molecule has 0 N–H and O–H groups in total. The molecule has 2 fully saturated rings. The van der Waals surface area contributed by atoms with Gasteiger partial charge in [0.1, 0.15) is 28.8 Å². The van der Waals surface area contributed by atoms with Gasteiger partial charge in [0.2, 0.25) is 0 Å². The zero-order valence-electron chi connectivity index (χ0n) is 20.2. The average molecular weight is 559 g/mol. The molecule has 196 valence electrons. The third kappa shape index (κ3) is 5.24. The van der Waals surface area contributed by atoms with Crippen molar-refractivity contribution in [1.82, 2.24) is 10.3 Å². The van der Waals surface area contributed by atoms with Crippen molar-refractivity contribution in [3.05, 3.63) is 87.0 Å². The van der Waals surface area contributed by atoms with Crippen LogP contribution in [0.1, 0.15) is 65.0 Å². The van der Waals surface area contributed by atoms with E-state index in [-0.39, 0.29) is 27.8 Å². The average Bonchev–Trinajstić information content (AvgIpc) is 3.84. The molecule has 10 heteroatoms. The van der Waals surface area contributed by atoms with Gasteiger partial charge in [-0.15, -0.1) is 0 Å². The normalized spacial score (nSPS) is 14.9. The van der Waals surface area contributed by atoms with Crippen LogP contribution in [-0.2, 0) is 4.74 Å². The quantitative estimate of drug-likeness (QED) is 0.167. The molecule has 2 aromatic carbocycles. The fraction of sp³-hybridized carbons (Fsp3) is 0.250. The van der Waals surface area contributed by atoms with E-state index < -0.39 is 11.6 Å². The van der Waals surface area contributed by atoms with Gasteiger partial charge in [-0.25, -0.2) is 8.78 Å². The molecule has 38 heavy (non-hydrogen) atoms. The maximum Gasteiger partial charge on any atom is 0.155 e. The number of carbonyl (C=O) groups excluding carboxylic acids is 1. The second-order valence-corrected chi connectivity index (χ2v) is 9.83. The second-order valence-electron chi connectivity index (χ2n) is 9.02. The summed E-state index contributed by atoms with van der Waals surface area (Å²) in [5.74, 6) is 0.976. The van der Waals surface area contributed by atoms with Gasteiger partial charge in [0.05, 0.1) is 40.1 Å². The number of benzene rings is 2. The molecule has 0 atom stereocenters. The number of hydrogen-bond acceptors (Lipinski definition) is 6. The van der Waals surface area contributed by atoms with Gasteiger partial charge in [0.15, 0.2) is 12.0 Å². The fourth-order valence-corrected chi connectivity index (χ4v) is 4.62. The van der Waals surface area contributed by atoms with Gasteiger partial charge in [0, 0.05) is 17.4 Å². The molecule has 2 aliphatic carbocycles. The Bertz CT molecular complexity index is 1470. The first-order valence-electron chi connectivity index (χ1n) is 12.0. The number of halogens is 4. The van der Waals surface area contributed by atoms with Gasteiger partial charge in [-0.3, -0.25) is 4.79 Å². The number of aromatic nitrogens is 2. The number of carbonyl (C=O) groups is 1. The molecule has 2 saturated carbocycles. The summed E-state index contributed by atoms with van der Waals surface area (Å²) in [4.78, 5) is 11.2. The highest BCUT2D eigenvalue weighted by atomic mass is 35.5. The summed E-state index contributed by atoms with van der Waals surface area (Å²) < 4.78 is 43.4. The third-order valence-electron chi connectivity index (χ3n) is 6.30.